The smallest absolute Gasteiger partial charge is 0.229 e. The van der Waals surface area contributed by atoms with Gasteiger partial charge in [-0.05, 0) is 30.4 Å². The van der Waals surface area contributed by atoms with E-state index in [1.807, 2.05) is 17.5 Å². The predicted octanol–water partition coefficient (Wildman–Crippen LogP) is 5.15. The maximum Gasteiger partial charge on any atom is 0.229 e. The number of aromatic nitrogens is 1. The molecule has 2 amide bonds. The van der Waals surface area contributed by atoms with E-state index in [4.69, 9.17) is 0 Å². The second-order valence-electron chi connectivity index (χ2n) is 8.30. The highest BCUT2D eigenvalue weighted by Gasteiger charge is 2.23. The Morgan fingerprint density at radius 2 is 1.59 bits per heavy atom. The lowest BCUT2D eigenvalue weighted by Crippen LogP contribution is -2.27. The number of nitrogens with zero attached hydrogens (tertiary/aromatic N) is 1. The van der Waals surface area contributed by atoms with Crippen LogP contribution in [0.15, 0.2) is 66.0 Å². The topological polar surface area (TPSA) is 71.1 Å². The van der Waals surface area contributed by atoms with Crippen LogP contribution in [-0.2, 0) is 16.0 Å². The van der Waals surface area contributed by atoms with E-state index >= 15 is 0 Å². The van der Waals surface area contributed by atoms with Crippen LogP contribution in [0.4, 0.5) is 5.13 Å². The quantitative estimate of drug-likeness (QED) is 0.476. The summed E-state index contributed by atoms with van der Waals surface area (Å²) in [6.07, 6.45) is 5.20. The molecular weight excluding hydrogens is 418 g/mol. The minimum atomic E-state index is -0.0520. The fourth-order valence-corrected chi connectivity index (χ4v) is 5.03. The van der Waals surface area contributed by atoms with Crippen LogP contribution in [0.2, 0.25) is 0 Å². The monoisotopic (exact) mass is 447 g/mol. The SMILES string of the molecule is O=C(Cc1csc(NC(=O)C2CCCC2)n1)NCCC(c1ccccc1)c1ccccc1. The molecule has 1 saturated carbocycles. The van der Waals surface area contributed by atoms with Gasteiger partial charge in [-0.2, -0.15) is 0 Å². The molecule has 0 bridgehead atoms. The van der Waals surface area contributed by atoms with Crippen molar-refractivity contribution in [1.82, 2.24) is 10.3 Å². The molecule has 0 saturated heterocycles. The standard InChI is InChI=1S/C26H29N3O2S/c30-24(17-22-18-32-26(28-22)29-25(31)21-13-7-8-14-21)27-16-15-23(19-9-3-1-4-10-19)20-11-5-2-6-12-20/h1-6,9-12,18,21,23H,7-8,13-17H2,(H,27,30)(H,28,29,31). The molecule has 2 N–H and O–H groups in total. The molecule has 1 aliphatic carbocycles. The fourth-order valence-electron chi connectivity index (χ4n) is 4.32. The third-order valence-corrected chi connectivity index (χ3v) is 6.82. The van der Waals surface area contributed by atoms with Crippen molar-refractivity contribution in [2.24, 2.45) is 5.92 Å². The summed E-state index contributed by atoms with van der Waals surface area (Å²) in [4.78, 5) is 29.2. The lowest BCUT2D eigenvalue weighted by Gasteiger charge is -2.18. The zero-order valence-corrected chi connectivity index (χ0v) is 18.9. The van der Waals surface area contributed by atoms with Gasteiger partial charge in [0.2, 0.25) is 11.8 Å². The molecule has 166 valence electrons. The molecule has 0 unspecified atom stereocenters. The number of nitrogens with one attached hydrogen (secondary N) is 2. The first-order chi connectivity index (χ1) is 15.7. The molecule has 0 spiro atoms. The van der Waals surface area contributed by atoms with Gasteiger partial charge in [-0.25, -0.2) is 4.98 Å². The van der Waals surface area contributed by atoms with Crippen LogP contribution in [0, 0.1) is 5.92 Å². The molecule has 2 aromatic carbocycles. The Bertz CT molecular complexity index is 974. The number of benzene rings is 2. The van der Waals surface area contributed by atoms with Crippen molar-refractivity contribution in [3.05, 3.63) is 82.9 Å². The predicted molar refractivity (Wildman–Crippen MR) is 129 cm³/mol. The summed E-state index contributed by atoms with van der Waals surface area (Å²) in [5.74, 6) is 0.340. The lowest BCUT2D eigenvalue weighted by atomic mass is 9.88. The maximum atomic E-state index is 12.5. The van der Waals surface area contributed by atoms with Crippen LogP contribution in [-0.4, -0.2) is 23.3 Å². The number of rotatable bonds is 9. The average Bonchev–Trinajstić information content (AvgIpc) is 3.50. The number of amides is 2. The van der Waals surface area contributed by atoms with E-state index in [9.17, 15) is 9.59 Å². The van der Waals surface area contributed by atoms with Crippen LogP contribution in [0.5, 0.6) is 0 Å². The molecular formula is C26H29N3O2S. The van der Waals surface area contributed by atoms with Gasteiger partial charge in [-0.1, -0.05) is 73.5 Å². The summed E-state index contributed by atoms with van der Waals surface area (Å²) in [5, 5.41) is 8.37. The third kappa shape index (κ3) is 6.04. The summed E-state index contributed by atoms with van der Waals surface area (Å²) >= 11 is 1.38. The fraction of sp³-hybridized carbons (Fsp3) is 0.346. The zero-order valence-electron chi connectivity index (χ0n) is 18.1. The highest BCUT2D eigenvalue weighted by Crippen LogP contribution is 2.28. The molecule has 1 heterocycles. The normalized spacial score (nSPS) is 13.9. The van der Waals surface area contributed by atoms with E-state index in [-0.39, 0.29) is 30.1 Å². The van der Waals surface area contributed by atoms with Gasteiger partial charge in [0.25, 0.3) is 0 Å². The number of hydrogen-bond donors (Lipinski definition) is 2. The van der Waals surface area contributed by atoms with Gasteiger partial charge in [-0.3, -0.25) is 9.59 Å². The molecule has 5 nitrogen and oxygen atoms in total. The van der Waals surface area contributed by atoms with Crippen LogP contribution >= 0.6 is 11.3 Å². The maximum absolute atomic E-state index is 12.5. The third-order valence-electron chi connectivity index (χ3n) is 6.01. The minimum absolute atomic E-state index is 0.0520. The first-order valence-corrected chi connectivity index (χ1v) is 12.2. The Balaban J connectivity index is 1.28. The molecule has 0 aliphatic heterocycles. The van der Waals surface area contributed by atoms with Crippen molar-refractivity contribution in [3.63, 3.8) is 0 Å². The molecule has 3 aromatic rings. The highest BCUT2D eigenvalue weighted by molar-refractivity contribution is 7.13. The molecule has 4 rings (SSSR count). The second-order valence-corrected chi connectivity index (χ2v) is 9.16. The number of hydrogen-bond acceptors (Lipinski definition) is 4. The van der Waals surface area contributed by atoms with Crippen LogP contribution in [0.1, 0.15) is 54.8 Å². The van der Waals surface area contributed by atoms with E-state index in [0.29, 0.717) is 17.4 Å². The van der Waals surface area contributed by atoms with E-state index in [1.54, 1.807) is 0 Å². The van der Waals surface area contributed by atoms with Crippen molar-refractivity contribution >= 4 is 28.3 Å². The van der Waals surface area contributed by atoms with Gasteiger partial charge in [0.15, 0.2) is 5.13 Å². The highest BCUT2D eigenvalue weighted by atomic mass is 32.1. The van der Waals surface area contributed by atoms with Crippen LogP contribution in [0.3, 0.4) is 0 Å². The molecule has 0 atom stereocenters. The Labute approximate surface area is 193 Å². The second kappa shape index (κ2) is 11.0. The van der Waals surface area contributed by atoms with Gasteiger partial charge in [0.05, 0.1) is 12.1 Å². The number of carbonyl (C=O) groups excluding carboxylic acids is 2. The van der Waals surface area contributed by atoms with Crippen molar-refractivity contribution in [3.8, 4) is 0 Å². The Hall–Kier alpha value is -2.99. The largest absolute Gasteiger partial charge is 0.356 e. The zero-order chi connectivity index (χ0) is 22.2. The van der Waals surface area contributed by atoms with E-state index in [0.717, 1.165) is 32.1 Å². The van der Waals surface area contributed by atoms with Crippen molar-refractivity contribution in [2.75, 3.05) is 11.9 Å². The Kier molecular flexibility index (Phi) is 7.67. The molecule has 32 heavy (non-hydrogen) atoms. The van der Waals surface area contributed by atoms with Crippen molar-refractivity contribution in [1.29, 1.82) is 0 Å². The van der Waals surface area contributed by atoms with Gasteiger partial charge in [-0.15, -0.1) is 11.3 Å². The minimum Gasteiger partial charge on any atom is -0.356 e. The van der Waals surface area contributed by atoms with E-state index in [1.165, 1.54) is 22.5 Å². The molecule has 1 aliphatic rings. The average molecular weight is 448 g/mol. The van der Waals surface area contributed by atoms with Gasteiger partial charge in [0, 0.05) is 23.8 Å². The Morgan fingerprint density at radius 3 is 2.22 bits per heavy atom. The van der Waals surface area contributed by atoms with Gasteiger partial charge < -0.3 is 10.6 Å². The summed E-state index contributed by atoms with van der Waals surface area (Å²) in [5.41, 5.74) is 3.18. The summed E-state index contributed by atoms with van der Waals surface area (Å²) in [7, 11) is 0. The first kappa shape index (κ1) is 22.2. The lowest BCUT2D eigenvalue weighted by molar-refractivity contribution is -0.120. The number of thiazole rings is 1. The van der Waals surface area contributed by atoms with Crippen molar-refractivity contribution in [2.45, 2.75) is 44.4 Å². The van der Waals surface area contributed by atoms with Crippen LogP contribution in [0.25, 0.3) is 0 Å². The summed E-state index contributed by atoms with van der Waals surface area (Å²) in [6, 6.07) is 20.8. The van der Waals surface area contributed by atoms with E-state index < -0.39 is 0 Å². The molecule has 6 heteroatoms. The summed E-state index contributed by atoms with van der Waals surface area (Å²) in [6.45, 7) is 0.586. The van der Waals surface area contributed by atoms with Gasteiger partial charge in [0.1, 0.15) is 0 Å². The molecule has 1 aromatic heterocycles. The van der Waals surface area contributed by atoms with Crippen LogP contribution < -0.4 is 10.6 Å². The molecule has 0 radical (unpaired) electrons. The summed E-state index contributed by atoms with van der Waals surface area (Å²) < 4.78 is 0. The van der Waals surface area contributed by atoms with Crippen molar-refractivity contribution < 1.29 is 9.59 Å². The number of anilines is 1. The number of carbonyl (C=O) groups is 2. The first-order valence-electron chi connectivity index (χ1n) is 11.3. The molecule has 1 fully saturated rings. The Morgan fingerprint density at radius 1 is 0.969 bits per heavy atom. The van der Waals surface area contributed by atoms with Gasteiger partial charge >= 0.3 is 0 Å². The van der Waals surface area contributed by atoms with E-state index in [2.05, 4.69) is 64.1 Å².